The van der Waals surface area contributed by atoms with Crippen LogP contribution >= 0.6 is 0 Å². The fourth-order valence-corrected chi connectivity index (χ4v) is 4.53. The molecule has 0 aliphatic carbocycles. The van der Waals surface area contributed by atoms with Crippen LogP contribution in [0, 0.1) is 12.8 Å². The molecule has 2 aliphatic heterocycles. The van der Waals surface area contributed by atoms with Crippen molar-refractivity contribution >= 4 is 15.9 Å². The molecular formula is C23H26N4O3S. The molecular weight excluding hydrogens is 412 g/mol. The molecule has 7 nitrogen and oxygen atoms in total. The maximum Gasteiger partial charge on any atom is 0.294 e. The number of rotatable bonds is 3. The monoisotopic (exact) mass is 438 g/mol. The molecule has 0 radical (unpaired) electrons. The Hall–Kier alpha value is -2.81. The van der Waals surface area contributed by atoms with Crippen molar-refractivity contribution in [1.82, 2.24) is 15.1 Å². The number of nitrogens with zero attached hydrogens (tertiary/aromatic N) is 4. The van der Waals surface area contributed by atoms with Crippen molar-refractivity contribution in [2.75, 3.05) is 31.6 Å². The van der Waals surface area contributed by atoms with Gasteiger partial charge in [0.2, 0.25) is 0 Å². The number of likely N-dealkylation sites (N-methyl/N-ethyl adjacent to an activating group) is 1. The van der Waals surface area contributed by atoms with Crippen LogP contribution in [-0.2, 0) is 10.1 Å². The minimum absolute atomic E-state index is 0.0666. The molecule has 3 heterocycles. The molecule has 2 fully saturated rings. The lowest BCUT2D eigenvalue weighted by Gasteiger charge is -2.40. The van der Waals surface area contributed by atoms with Crippen LogP contribution < -0.4 is 4.90 Å². The summed E-state index contributed by atoms with van der Waals surface area (Å²) in [5.74, 6) is 1.82. The van der Waals surface area contributed by atoms with Crippen molar-refractivity contribution in [2.24, 2.45) is 5.92 Å². The van der Waals surface area contributed by atoms with Crippen molar-refractivity contribution < 1.29 is 13.0 Å². The zero-order valence-corrected chi connectivity index (χ0v) is 18.4. The summed E-state index contributed by atoms with van der Waals surface area (Å²) in [5, 5.41) is 8.79. The molecule has 5 rings (SSSR count). The number of likely N-dealkylation sites (tertiary alicyclic amines) is 1. The first kappa shape index (κ1) is 21.4. The minimum atomic E-state index is -4.02. The van der Waals surface area contributed by atoms with Crippen LogP contribution in [0.25, 0.3) is 11.3 Å². The topological polar surface area (TPSA) is 86.6 Å². The molecule has 2 atom stereocenters. The van der Waals surface area contributed by atoms with Gasteiger partial charge >= 0.3 is 0 Å². The Balaban J connectivity index is 0.000000180. The van der Waals surface area contributed by atoms with Crippen molar-refractivity contribution in [3.63, 3.8) is 0 Å². The standard InChI is InChI=1S/C16H18N4.C7H8O3S/c1-19-9-13-10-20(11-15(13)19)16-8-7-14(17-18-16)12-5-3-2-4-6-12;1-6-2-4-7(5-3-6)11(8,9)10/h2-8,13,15H,9-11H2,1H3;2-5H,1H3,(H,8,9,10)/t13-,15+;/m1./s1. The van der Waals surface area contributed by atoms with E-state index in [1.165, 1.54) is 18.7 Å². The predicted octanol–water partition coefficient (Wildman–Crippen LogP) is 3.14. The molecule has 2 aromatic carbocycles. The van der Waals surface area contributed by atoms with Crippen LogP contribution in [-0.4, -0.2) is 60.8 Å². The van der Waals surface area contributed by atoms with E-state index in [1.54, 1.807) is 12.1 Å². The second-order valence-electron chi connectivity index (χ2n) is 8.10. The summed E-state index contributed by atoms with van der Waals surface area (Å²) < 4.78 is 29.6. The maximum atomic E-state index is 10.5. The lowest BCUT2D eigenvalue weighted by atomic mass is 9.93. The highest BCUT2D eigenvalue weighted by atomic mass is 32.2. The summed E-state index contributed by atoms with van der Waals surface area (Å²) in [5.41, 5.74) is 3.01. The predicted molar refractivity (Wildman–Crippen MR) is 121 cm³/mol. The van der Waals surface area contributed by atoms with Gasteiger partial charge < -0.3 is 9.80 Å². The highest BCUT2D eigenvalue weighted by Gasteiger charge is 2.43. The van der Waals surface area contributed by atoms with E-state index in [1.807, 2.05) is 25.1 Å². The van der Waals surface area contributed by atoms with Gasteiger partial charge in [-0.25, -0.2) is 0 Å². The molecule has 8 heteroatoms. The molecule has 2 aliphatic rings. The highest BCUT2D eigenvalue weighted by Crippen LogP contribution is 2.33. The lowest BCUT2D eigenvalue weighted by Crippen LogP contribution is -2.52. The molecule has 0 bridgehead atoms. The molecule has 0 saturated carbocycles. The third-order valence-electron chi connectivity index (χ3n) is 5.86. The van der Waals surface area contributed by atoms with E-state index in [0.717, 1.165) is 41.6 Å². The molecule has 2 saturated heterocycles. The molecule has 0 amide bonds. The molecule has 1 N–H and O–H groups in total. The van der Waals surface area contributed by atoms with Gasteiger partial charge in [-0.3, -0.25) is 4.55 Å². The number of anilines is 1. The Labute approximate surface area is 183 Å². The number of fused-ring (bicyclic) bond motifs is 1. The Bertz CT molecular complexity index is 1120. The molecule has 0 spiro atoms. The van der Waals surface area contributed by atoms with E-state index >= 15 is 0 Å². The first-order valence-electron chi connectivity index (χ1n) is 10.2. The summed E-state index contributed by atoms with van der Waals surface area (Å²) in [6.45, 7) is 5.26. The summed E-state index contributed by atoms with van der Waals surface area (Å²) in [6.07, 6.45) is 0. The molecule has 31 heavy (non-hydrogen) atoms. The highest BCUT2D eigenvalue weighted by molar-refractivity contribution is 7.85. The second kappa shape index (κ2) is 8.74. The van der Waals surface area contributed by atoms with Gasteiger partial charge in [0.15, 0.2) is 5.82 Å². The van der Waals surface area contributed by atoms with Crippen LogP contribution in [0.3, 0.4) is 0 Å². The van der Waals surface area contributed by atoms with Crippen LogP contribution in [0.4, 0.5) is 5.82 Å². The fraction of sp³-hybridized carbons (Fsp3) is 0.304. The van der Waals surface area contributed by atoms with Crippen molar-refractivity contribution in [1.29, 1.82) is 0 Å². The quantitative estimate of drug-likeness (QED) is 0.629. The van der Waals surface area contributed by atoms with E-state index in [9.17, 15) is 8.42 Å². The number of aryl methyl sites for hydroxylation is 1. The van der Waals surface area contributed by atoms with E-state index in [2.05, 4.69) is 51.3 Å². The average Bonchev–Trinajstić information content (AvgIpc) is 3.12. The van der Waals surface area contributed by atoms with Gasteiger partial charge in [-0.2, -0.15) is 8.42 Å². The Kier molecular flexibility index (Phi) is 6.04. The average molecular weight is 439 g/mol. The Morgan fingerprint density at radius 3 is 2.16 bits per heavy atom. The number of benzene rings is 2. The summed E-state index contributed by atoms with van der Waals surface area (Å²) in [6, 6.07) is 21.1. The largest absolute Gasteiger partial charge is 0.353 e. The van der Waals surface area contributed by atoms with Gasteiger partial charge in [0, 0.05) is 37.2 Å². The van der Waals surface area contributed by atoms with E-state index in [4.69, 9.17) is 4.55 Å². The number of hydrogen-bond acceptors (Lipinski definition) is 6. The molecule has 1 aromatic heterocycles. The van der Waals surface area contributed by atoms with E-state index < -0.39 is 10.1 Å². The maximum absolute atomic E-state index is 10.5. The zero-order valence-electron chi connectivity index (χ0n) is 17.6. The minimum Gasteiger partial charge on any atom is -0.353 e. The van der Waals surface area contributed by atoms with Crippen molar-refractivity contribution in [3.8, 4) is 11.3 Å². The Morgan fingerprint density at radius 2 is 1.61 bits per heavy atom. The van der Waals surface area contributed by atoms with Crippen LogP contribution in [0.15, 0.2) is 71.6 Å². The van der Waals surface area contributed by atoms with E-state index in [0.29, 0.717) is 6.04 Å². The van der Waals surface area contributed by atoms with Gasteiger partial charge in [0.05, 0.1) is 10.6 Å². The Morgan fingerprint density at radius 1 is 0.903 bits per heavy atom. The van der Waals surface area contributed by atoms with Crippen molar-refractivity contribution in [2.45, 2.75) is 17.9 Å². The smallest absolute Gasteiger partial charge is 0.294 e. The first-order chi connectivity index (χ1) is 14.8. The normalized spacial score (nSPS) is 20.4. The van der Waals surface area contributed by atoms with Crippen molar-refractivity contribution in [3.05, 3.63) is 72.3 Å². The van der Waals surface area contributed by atoms with Gasteiger partial charge in [-0.05, 0) is 38.2 Å². The molecule has 0 unspecified atom stereocenters. The fourth-order valence-electron chi connectivity index (χ4n) is 4.05. The summed E-state index contributed by atoms with van der Waals surface area (Å²) in [7, 11) is -1.82. The number of aromatic nitrogens is 2. The van der Waals surface area contributed by atoms with Crippen LogP contribution in [0.5, 0.6) is 0 Å². The lowest BCUT2D eigenvalue weighted by molar-refractivity contribution is 0.0827. The molecule has 162 valence electrons. The summed E-state index contributed by atoms with van der Waals surface area (Å²) >= 11 is 0. The molecule has 3 aromatic rings. The number of hydrogen-bond donors (Lipinski definition) is 1. The van der Waals surface area contributed by atoms with Gasteiger partial charge in [-0.1, -0.05) is 48.0 Å². The second-order valence-corrected chi connectivity index (χ2v) is 9.52. The van der Waals surface area contributed by atoms with Crippen LogP contribution in [0.1, 0.15) is 5.56 Å². The van der Waals surface area contributed by atoms with Gasteiger partial charge in [-0.15, -0.1) is 10.2 Å². The summed E-state index contributed by atoms with van der Waals surface area (Å²) in [4.78, 5) is 4.72. The first-order valence-corrected chi connectivity index (χ1v) is 11.6. The van der Waals surface area contributed by atoms with Gasteiger partial charge in [0.25, 0.3) is 10.1 Å². The SMILES string of the molecule is CN1C[C@@H]2CN(c3ccc(-c4ccccc4)nn3)C[C@@H]21.Cc1ccc(S(=O)(=O)O)cc1. The van der Waals surface area contributed by atoms with E-state index in [-0.39, 0.29) is 4.90 Å². The van der Waals surface area contributed by atoms with Gasteiger partial charge in [0.1, 0.15) is 0 Å². The third kappa shape index (κ3) is 4.92. The third-order valence-corrected chi connectivity index (χ3v) is 6.73. The zero-order chi connectivity index (χ0) is 22.0. The van der Waals surface area contributed by atoms with Crippen LogP contribution in [0.2, 0.25) is 0 Å².